The van der Waals surface area contributed by atoms with Crippen molar-refractivity contribution in [1.29, 1.82) is 0 Å². The van der Waals surface area contributed by atoms with Gasteiger partial charge in [0.25, 0.3) is 5.69 Å². The molecule has 1 fully saturated rings. The molecule has 0 radical (unpaired) electrons. The number of ether oxygens (including phenoxy) is 1. The largest absolute Gasteiger partial charge is 0.494 e. The molecule has 0 spiro atoms. The summed E-state index contributed by atoms with van der Waals surface area (Å²) in [6.45, 7) is 4.98. The van der Waals surface area contributed by atoms with E-state index in [1.807, 2.05) is 38.1 Å². The number of piperidine rings is 1. The standard InChI is InChI=1S/C23H26F3N3O4/c1-3-33-19-6-4-5-17(13-19)15(2)27-22(30)16-9-11-28(12-10-16)20-8-7-18(23(24,25)26)14-21(20)29(31)32/h4-8,13-16H,3,9-12H2,1-2H3,(H,27,30). The van der Waals surface area contributed by atoms with E-state index in [0.717, 1.165) is 23.4 Å². The summed E-state index contributed by atoms with van der Waals surface area (Å²) in [5.41, 5.74) is -0.606. The average Bonchev–Trinajstić information content (AvgIpc) is 2.78. The van der Waals surface area contributed by atoms with Crippen molar-refractivity contribution >= 4 is 17.3 Å². The van der Waals surface area contributed by atoms with Crippen LogP contribution in [0.1, 0.15) is 43.9 Å². The topological polar surface area (TPSA) is 84.7 Å². The maximum Gasteiger partial charge on any atom is 0.416 e. The first kappa shape index (κ1) is 24.3. The van der Waals surface area contributed by atoms with Crippen molar-refractivity contribution in [3.05, 3.63) is 63.7 Å². The molecule has 2 aromatic carbocycles. The SMILES string of the molecule is CCOc1cccc(C(C)NC(=O)C2CCN(c3ccc(C(F)(F)F)cc3[N+](=O)[O-])CC2)c1. The number of hydrogen-bond donors (Lipinski definition) is 1. The fourth-order valence-electron chi connectivity index (χ4n) is 3.95. The van der Waals surface area contributed by atoms with Gasteiger partial charge in [-0.3, -0.25) is 14.9 Å². The van der Waals surface area contributed by atoms with Crippen LogP contribution in [0.3, 0.4) is 0 Å². The molecule has 1 aliphatic heterocycles. The van der Waals surface area contributed by atoms with Gasteiger partial charge in [-0.25, -0.2) is 0 Å². The number of amides is 1. The number of hydrogen-bond acceptors (Lipinski definition) is 5. The number of carbonyl (C=O) groups is 1. The minimum absolute atomic E-state index is 0.120. The van der Waals surface area contributed by atoms with E-state index in [0.29, 0.717) is 38.6 Å². The van der Waals surface area contributed by atoms with E-state index in [1.165, 1.54) is 0 Å². The van der Waals surface area contributed by atoms with E-state index < -0.39 is 22.4 Å². The van der Waals surface area contributed by atoms with Crippen molar-refractivity contribution in [1.82, 2.24) is 5.32 Å². The van der Waals surface area contributed by atoms with Gasteiger partial charge in [0.1, 0.15) is 11.4 Å². The van der Waals surface area contributed by atoms with E-state index in [2.05, 4.69) is 5.32 Å². The second-order valence-electron chi connectivity index (χ2n) is 7.96. The minimum Gasteiger partial charge on any atom is -0.494 e. The first-order valence-corrected chi connectivity index (χ1v) is 10.7. The molecule has 3 rings (SSSR count). The Kier molecular flexibility index (Phi) is 7.45. The Bertz CT molecular complexity index is 1000. The lowest BCUT2D eigenvalue weighted by Gasteiger charge is -2.33. The van der Waals surface area contributed by atoms with Crippen LogP contribution < -0.4 is 15.0 Å². The van der Waals surface area contributed by atoms with Crippen LogP contribution in [0.15, 0.2) is 42.5 Å². The second-order valence-corrected chi connectivity index (χ2v) is 7.96. The third-order valence-corrected chi connectivity index (χ3v) is 5.73. The predicted octanol–water partition coefficient (Wildman–Crippen LogP) is 5.11. The molecular formula is C23H26F3N3O4. The number of nitrogens with zero attached hydrogens (tertiary/aromatic N) is 2. The summed E-state index contributed by atoms with van der Waals surface area (Å²) in [5.74, 6) is 0.320. The Labute approximate surface area is 189 Å². The summed E-state index contributed by atoms with van der Waals surface area (Å²) >= 11 is 0. The fourth-order valence-corrected chi connectivity index (χ4v) is 3.95. The molecule has 1 heterocycles. The minimum atomic E-state index is -4.66. The summed E-state index contributed by atoms with van der Waals surface area (Å²) < 4.78 is 44.3. The van der Waals surface area contributed by atoms with Crippen LogP contribution in [0.2, 0.25) is 0 Å². The van der Waals surface area contributed by atoms with Gasteiger partial charge in [-0.1, -0.05) is 12.1 Å². The van der Waals surface area contributed by atoms with E-state index >= 15 is 0 Å². The number of nitrogens with one attached hydrogen (secondary N) is 1. The van der Waals surface area contributed by atoms with Crippen LogP contribution in [-0.4, -0.2) is 30.5 Å². The molecule has 0 saturated carbocycles. The number of rotatable bonds is 7. The van der Waals surface area contributed by atoms with Gasteiger partial charge < -0.3 is 15.0 Å². The monoisotopic (exact) mass is 465 g/mol. The first-order valence-electron chi connectivity index (χ1n) is 10.7. The summed E-state index contributed by atoms with van der Waals surface area (Å²) in [5, 5.41) is 14.4. The molecule has 1 atom stereocenters. The normalized spacial score (nSPS) is 15.7. The number of alkyl halides is 3. The van der Waals surface area contributed by atoms with Gasteiger partial charge in [-0.15, -0.1) is 0 Å². The lowest BCUT2D eigenvalue weighted by molar-refractivity contribution is -0.384. The van der Waals surface area contributed by atoms with Gasteiger partial charge in [0.2, 0.25) is 5.91 Å². The van der Waals surface area contributed by atoms with E-state index in [9.17, 15) is 28.1 Å². The average molecular weight is 465 g/mol. The van der Waals surface area contributed by atoms with Gasteiger partial charge in [-0.2, -0.15) is 13.2 Å². The lowest BCUT2D eigenvalue weighted by atomic mass is 9.94. The van der Waals surface area contributed by atoms with Crippen LogP contribution in [0.5, 0.6) is 5.75 Å². The summed E-state index contributed by atoms with van der Waals surface area (Å²) in [7, 11) is 0. The Hall–Kier alpha value is -3.30. The molecule has 33 heavy (non-hydrogen) atoms. The summed E-state index contributed by atoms with van der Waals surface area (Å²) in [4.78, 5) is 25.0. The highest BCUT2D eigenvalue weighted by Crippen LogP contribution is 2.37. The predicted molar refractivity (Wildman–Crippen MR) is 117 cm³/mol. The quantitative estimate of drug-likeness (QED) is 0.454. The molecular weight excluding hydrogens is 439 g/mol. The van der Waals surface area contributed by atoms with Gasteiger partial charge in [0.15, 0.2) is 0 Å². The van der Waals surface area contributed by atoms with Crippen molar-refractivity contribution < 1.29 is 27.6 Å². The van der Waals surface area contributed by atoms with Gasteiger partial charge >= 0.3 is 6.18 Å². The molecule has 1 unspecified atom stereocenters. The van der Waals surface area contributed by atoms with Gasteiger partial charge in [0, 0.05) is 25.1 Å². The Morgan fingerprint density at radius 2 is 1.94 bits per heavy atom. The number of benzene rings is 2. The van der Waals surface area contributed by atoms with E-state index in [4.69, 9.17) is 4.74 Å². The Morgan fingerprint density at radius 1 is 1.24 bits per heavy atom. The third kappa shape index (κ3) is 5.94. The zero-order valence-corrected chi connectivity index (χ0v) is 18.4. The van der Waals surface area contributed by atoms with Crippen molar-refractivity contribution in [3.8, 4) is 5.75 Å². The highest BCUT2D eigenvalue weighted by atomic mass is 19.4. The molecule has 0 aliphatic carbocycles. The van der Waals surface area contributed by atoms with Gasteiger partial charge in [-0.05, 0) is 56.5 Å². The third-order valence-electron chi connectivity index (χ3n) is 5.73. The van der Waals surface area contributed by atoms with Gasteiger partial charge in [0.05, 0.1) is 23.1 Å². The van der Waals surface area contributed by atoms with Crippen LogP contribution in [-0.2, 0) is 11.0 Å². The van der Waals surface area contributed by atoms with Crippen LogP contribution in [0.4, 0.5) is 24.5 Å². The fraction of sp³-hybridized carbons (Fsp3) is 0.435. The number of carbonyl (C=O) groups excluding carboxylic acids is 1. The van der Waals surface area contributed by atoms with Crippen molar-refractivity contribution in [2.75, 3.05) is 24.6 Å². The van der Waals surface area contributed by atoms with E-state index in [-0.39, 0.29) is 23.6 Å². The maximum absolute atomic E-state index is 12.9. The molecule has 178 valence electrons. The molecule has 7 nitrogen and oxygen atoms in total. The molecule has 0 aromatic heterocycles. The zero-order chi connectivity index (χ0) is 24.2. The zero-order valence-electron chi connectivity index (χ0n) is 18.4. The molecule has 1 N–H and O–H groups in total. The molecule has 10 heteroatoms. The van der Waals surface area contributed by atoms with Crippen LogP contribution >= 0.6 is 0 Å². The summed E-state index contributed by atoms with van der Waals surface area (Å²) in [6, 6.07) is 9.80. The first-order chi connectivity index (χ1) is 15.6. The highest BCUT2D eigenvalue weighted by molar-refractivity contribution is 5.79. The van der Waals surface area contributed by atoms with Crippen molar-refractivity contribution in [2.24, 2.45) is 5.92 Å². The van der Waals surface area contributed by atoms with E-state index in [1.54, 1.807) is 4.90 Å². The second kappa shape index (κ2) is 10.1. The lowest BCUT2D eigenvalue weighted by Crippen LogP contribution is -2.41. The molecule has 1 saturated heterocycles. The number of nitro benzene ring substituents is 1. The van der Waals surface area contributed by atoms with Crippen molar-refractivity contribution in [2.45, 2.75) is 38.9 Å². The highest BCUT2D eigenvalue weighted by Gasteiger charge is 2.35. The van der Waals surface area contributed by atoms with Crippen molar-refractivity contribution in [3.63, 3.8) is 0 Å². The number of nitro groups is 1. The molecule has 2 aromatic rings. The molecule has 1 amide bonds. The smallest absolute Gasteiger partial charge is 0.416 e. The molecule has 1 aliphatic rings. The Balaban J connectivity index is 1.63. The number of anilines is 1. The van der Waals surface area contributed by atoms with Crippen LogP contribution in [0.25, 0.3) is 0 Å². The molecule has 0 bridgehead atoms. The summed E-state index contributed by atoms with van der Waals surface area (Å²) in [6.07, 6.45) is -3.78. The maximum atomic E-state index is 12.9. The number of halogens is 3. The Morgan fingerprint density at radius 3 is 2.55 bits per heavy atom. The van der Waals surface area contributed by atoms with Crippen LogP contribution in [0, 0.1) is 16.0 Å².